The van der Waals surface area contributed by atoms with E-state index in [1.54, 1.807) is 25.1 Å². The summed E-state index contributed by atoms with van der Waals surface area (Å²) in [4.78, 5) is 11.1. The predicted octanol–water partition coefficient (Wildman–Crippen LogP) is 1.98. The van der Waals surface area contributed by atoms with Gasteiger partial charge in [-0.15, -0.1) is 0 Å². The minimum atomic E-state index is -0.0786. The number of nitrogens with zero attached hydrogens (tertiary/aromatic N) is 1. The molecule has 1 aromatic heterocycles. The molecule has 0 bridgehead atoms. The molecule has 0 saturated heterocycles. The third-order valence-electron chi connectivity index (χ3n) is 1.28. The molecule has 0 atom stereocenters. The number of hydrogen-bond donors (Lipinski definition) is 0. The van der Waals surface area contributed by atoms with Gasteiger partial charge < -0.3 is 0 Å². The first-order valence-electron chi connectivity index (χ1n) is 3.61. The lowest BCUT2D eigenvalue weighted by Crippen LogP contribution is -1.97. The Balaban J connectivity index is 3.03. The molecular formula is C8H9NO3. The van der Waals surface area contributed by atoms with Crippen molar-refractivity contribution in [3.05, 3.63) is 30.2 Å². The summed E-state index contributed by atoms with van der Waals surface area (Å²) in [6.07, 6.45) is 1.73. The van der Waals surface area contributed by atoms with Gasteiger partial charge in [-0.3, -0.25) is 9.37 Å². The average Bonchev–Trinajstić information content (AvgIpc) is 2.02. The topological polar surface area (TPSA) is 56.2 Å². The molecule has 0 saturated carbocycles. The average molecular weight is 167 g/mol. The minimum absolute atomic E-state index is 0.0786. The smallest absolute Gasteiger partial charge is 0.184 e. The van der Waals surface area contributed by atoms with Crippen molar-refractivity contribution in [3.8, 4) is 0 Å². The fourth-order valence-corrected chi connectivity index (χ4v) is 0.666. The van der Waals surface area contributed by atoms with Gasteiger partial charge in [-0.1, -0.05) is 13.0 Å². The van der Waals surface area contributed by atoms with Crippen LogP contribution in [0.4, 0.5) is 0 Å². The molecule has 0 fully saturated rings. The molecule has 1 heterocycles. The quantitative estimate of drug-likeness (QED) is 0.499. The van der Waals surface area contributed by atoms with Crippen molar-refractivity contribution in [1.29, 1.82) is 0 Å². The Hall–Kier alpha value is -1.58. The van der Waals surface area contributed by atoms with E-state index in [-0.39, 0.29) is 11.5 Å². The third-order valence-corrected chi connectivity index (χ3v) is 1.28. The van der Waals surface area contributed by atoms with Crippen molar-refractivity contribution >= 4 is 5.78 Å². The number of ketones is 1. The van der Waals surface area contributed by atoms with Gasteiger partial charge in [0.15, 0.2) is 11.5 Å². The molecule has 0 N–H and O–H groups in total. The monoisotopic (exact) mass is 167 g/mol. The van der Waals surface area contributed by atoms with Crippen LogP contribution in [0.1, 0.15) is 23.8 Å². The zero-order valence-corrected chi connectivity index (χ0v) is 6.69. The Kier molecular flexibility index (Phi) is 3.07. The second-order valence-electron chi connectivity index (χ2n) is 2.11. The fraction of sp³-hybridized carbons (Fsp3) is 0.250. The predicted molar refractivity (Wildman–Crippen MR) is 41.0 cm³/mol. The first-order chi connectivity index (χ1) is 5.84. The largest absolute Gasteiger partial charge is 0.292 e. The molecule has 0 unspecified atom stereocenters. The Morgan fingerprint density at radius 2 is 2.42 bits per heavy atom. The summed E-state index contributed by atoms with van der Waals surface area (Å²) >= 11 is 0. The molecular weight excluding hydrogens is 158 g/mol. The van der Waals surface area contributed by atoms with Crippen LogP contribution in [0.15, 0.2) is 33.7 Å². The number of Topliss-reactive ketones (excluding diaryl/α,β-unsaturated/α-hetero) is 1. The summed E-state index contributed by atoms with van der Waals surface area (Å²) in [5.41, 5.74) is 0.266. The fourth-order valence-electron chi connectivity index (χ4n) is 0.666. The summed E-state index contributed by atoms with van der Waals surface area (Å²) in [5, 5.41) is 3.46. The molecule has 1 rings (SSSR count). The number of carbonyl (C=O) groups excluding carboxylic acids is 1. The van der Waals surface area contributed by atoms with Crippen LogP contribution in [-0.2, 0) is 0 Å². The van der Waals surface area contributed by atoms with E-state index in [9.17, 15) is 4.79 Å². The van der Waals surface area contributed by atoms with Crippen LogP contribution in [0.25, 0.3) is 0 Å². The van der Waals surface area contributed by atoms with Gasteiger partial charge in [0, 0.05) is 6.42 Å². The molecule has 64 valence electrons. The molecule has 0 aliphatic carbocycles. The second kappa shape index (κ2) is 4.33. The van der Waals surface area contributed by atoms with Gasteiger partial charge in [-0.05, 0) is 17.3 Å². The van der Waals surface area contributed by atoms with Crippen molar-refractivity contribution in [2.24, 2.45) is 0 Å². The van der Waals surface area contributed by atoms with Gasteiger partial charge in [-0.25, -0.2) is 0 Å². The number of aromatic nitrogens is 1. The third kappa shape index (κ3) is 2.23. The highest BCUT2D eigenvalue weighted by molar-refractivity contribution is 5.93. The van der Waals surface area contributed by atoms with Crippen molar-refractivity contribution in [2.45, 2.75) is 13.3 Å². The Labute approximate surface area is 69.4 Å². The first kappa shape index (κ1) is 8.52. The number of carbonyl (C=O) groups is 1. The van der Waals surface area contributed by atoms with Gasteiger partial charge >= 0.3 is 0 Å². The van der Waals surface area contributed by atoms with Crippen LogP contribution in [0, 0.1) is 0 Å². The van der Waals surface area contributed by atoms with Crippen molar-refractivity contribution in [1.82, 2.24) is 5.16 Å². The number of hydrogen-bond acceptors (Lipinski definition) is 4. The summed E-state index contributed by atoms with van der Waals surface area (Å²) in [6, 6.07) is 4.84. The normalized spacial score (nSPS) is 9.08. The summed E-state index contributed by atoms with van der Waals surface area (Å²) in [6.45, 7) is 1.76. The van der Waals surface area contributed by atoms with E-state index < -0.39 is 0 Å². The molecule has 0 radical (unpaired) electrons. The first-order valence-corrected chi connectivity index (χ1v) is 3.61. The lowest BCUT2D eigenvalue weighted by atomic mass is 10.2. The molecule has 0 aliphatic rings. The van der Waals surface area contributed by atoms with Gasteiger partial charge in [0.1, 0.15) is 6.26 Å². The summed E-state index contributed by atoms with van der Waals surface area (Å²) < 4.78 is 8.77. The lowest BCUT2D eigenvalue weighted by Gasteiger charge is -1.88. The number of rotatable bonds is 2. The maximum Gasteiger partial charge on any atom is 0.184 e. The Morgan fingerprint density at radius 1 is 1.58 bits per heavy atom. The van der Waals surface area contributed by atoms with E-state index in [0.717, 1.165) is 0 Å². The zero-order chi connectivity index (χ0) is 8.81. The van der Waals surface area contributed by atoms with Crippen molar-refractivity contribution < 1.29 is 14.1 Å². The van der Waals surface area contributed by atoms with E-state index in [4.69, 9.17) is 0 Å². The SMILES string of the molecule is CCC(=O)c1ccccoon1. The van der Waals surface area contributed by atoms with Crippen molar-refractivity contribution in [3.63, 3.8) is 0 Å². The molecule has 0 aliphatic heterocycles. The lowest BCUT2D eigenvalue weighted by molar-refractivity contribution is -0.0124. The molecule has 4 heteroatoms. The van der Waals surface area contributed by atoms with E-state index >= 15 is 0 Å². The van der Waals surface area contributed by atoms with Crippen LogP contribution < -0.4 is 0 Å². The van der Waals surface area contributed by atoms with Gasteiger partial charge in [0.25, 0.3) is 0 Å². The van der Waals surface area contributed by atoms with E-state index in [2.05, 4.69) is 14.4 Å². The molecule has 0 amide bonds. The van der Waals surface area contributed by atoms with Gasteiger partial charge in [0.2, 0.25) is 0 Å². The maximum atomic E-state index is 11.1. The minimum Gasteiger partial charge on any atom is -0.292 e. The highest BCUT2D eigenvalue weighted by Crippen LogP contribution is 1.95. The summed E-state index contributed by atoms with van der Waals surface area (Å²) in [5.74, 6) is -0.0786. The van der Waals surface area contributed by atoms with Crippen LogP contribution in [0.5, 0.6) is 0 Å². The van der Waals surface area contributed by atoms with Crippen LogP contribution in [-0.4, -0.2) is 10.9 Å². The highest BCUT2D eigenvalue weighted by Gasteiger charge is 2.02. The van der Waals surface area contributed by atoms with E-state index in [0.29, 0.717) is 6.42 Å². The van der Waals surface area contributed by atoms with Crippen LogP contribution >= 0.6 is 0 Å². The standard InChI is InChI=1S/C8H9NO3/c1-2-8(10)7-5-3-4-6-11-12-9-7/h3-6H,2H2,1H3. The molecule has 12 heavy (non-hydrogen) atoms. The Morgan fingerprint density at radius 3 is 3.17 bits per heavy atom. The molecule has 0 aromatic carbocycles. The summed E-state index contributed by atoms with van der Waals surface area (Å²) in [7, 11) is 0. The zero-order valence-electron chi connectivity index (χ0n) is 6.69. The Bertz CT molecular complexity index is 279. The molecule has 1 aromatic rings. The maximum absolute atomic E-state index is 11.1. The highest BCUT2D eigenvalue weighted by atomic mass is 17.0. The second-order valence-corrected chi connectivity index (χ2v) is 2.11. The molecule has 4 nitrogen and oxygen atoms in total. The van der Waals surface area contributed by atoms with Crippen LogP contribution in [0.2, 0.25) is 0 Å². The molecule has 0 spiro atoms. The van der Waals surface area contributed by atoms with E-state index in [1.165, 1.54) is 6.26 Å². The van der Waals surface area contributed by atoms with Crippen LogP contribution in [0.3, 0.4) is 0 Å². The van der Waals surface area contributed by atoms with Gasteiger partial charge in [-0.2, -0.15) is 4.68 Å². The van der Waals surface area contributed by atoms with Crippen molar-refractivity contribution in [2.75, 3.05) is 0 Å². The van der Waals surface area contributed by atoms with E-state index in [1.807, 2.05) is 0 Å². The van der Waals surface area contributed by atoms with Gasteiger partial charge in [0.05, 0.1) is 0 Å².